The van der Waals surface area contributed by atoms with Gasteiger partial charge in [-0.05, 0) is 50.1 Å². The number of ether oxygens (including phenoxy) is 1. The summed E-state index contributed by atoms with van der Waals surface area (Å²) < 4.78 is 13.0. The Morgan fingerprint density at radius 1 is 1.32 bits per heavy atom. The molecule has 3 heterocycles. The number of hydrogen-bond acceptors (Lipinski definition) is 4. The summed E-state index contributed by atoms with van der Waals surface area (Å²) in [5.74, 6) is 0.775. The van der Waals surface area contributed by atoms with Crippen LogP contribution in [0, 0.1) is 5.92 Å². The van der Waals surface area contributed by atoms with Crippen LogP contribution in [-0.4, -0.2) is 29.2 Å². The van der Waals surface area contributed by atoms with Gasteiger partial charge in [0.2, 0.25) is 5.43 Å². The van der Waals surface area contributed by atoms with Gasteiger partial charge in [0.25, 0.3) is 5.91 Å². The molecule has 144 valence electrons. The molecular weight excluding hydrogens is 356 g/mol. The zero-order valence-electron chi connectivity index (χ0n) is 15.7. The van der Waals surface area contributed by atoms with Crippen LogP contribution in [0.4, 0.5) is 0 Å². The van der Waals surface area contributed by atoms with Crippen LogP contribution >= 0.6 is 0 Å². The van der Waals surface area contributed by atoms with Crippen LogP contribution in [0.2, 0.25) is 0 Å². The topological polar surface area (TPSA) is 73.5 Å². The third kappa shape index (κ3) is 2.67. The number of pyridine rings is 1. The summed E-state index contributed by atoms with van der Waals surface area (Å²) in [6.45, 7) is 3.42. The monoisotopic (exact) mass is 378 g/mol. The first-order valence-electron chi connectivity index (χ1n) is 9.79. The average Bonchev–Trinajstić information content (AvgIpc) is 3.36. The number of rotatable bonds is 4. The number of fused-ring (bicyclic) bond motifs is 2. The lowest BCUT2D eigenvalue weighted by Crippen LogP contribution is -2.54. The summed E-state index contributed by atoms with van der Waals surface area (Å²) >= 11 is 0. The lowest BCUT2D eigenvalue weighted by molar-refractivity contribution is 0.00807. The first-order chi connectivity index (χ1) is 13.7. The van der Waals surface area contributed by atoms with Gasteiger partial charge in [0, 0.05) is 42.3 Å². The van der Waals surface area contributed by atoms with Crippen LogP contribution in [0.15, 0.2) is 52.0 Å². The van der Waals surface area contributed by atoms with E-state index < -0.39 is 0 Å². The third-order valence-corrected chi connectivity index (χ3v) is 6.05. The van der Waals surface area contributed by atoms with E-state index in [2.05, 4.69) is 5.32 Å². The first kappa shape index (κ1) is 17.3. The van der Waals surface area contributed by atoms with Gasteiger partial charge >= 0.3 is 0 Å². The quantitative estimate of drug-likeness (QED) is 0.757. The highest BCUT2D eigenvalue weighted by atomic mass is 16.5. The fraction of sp³-hybridized carbons (Fsp3) is 0.364. The Balaban J connectivity index is 1.53. The maximum absolute atomic E-state index is 13.1. The minimum Gasteiger partial charge on any atom is -0.464 e. The molecule has 3 atom stereocenters. The van der Waals surface area contributed by atoms with Crippen molar-refractivity contribution in [3.63, 3.8) is 0 Å². The van der Waals surface area contributed by atoms with Gasteiger partial charge in [0.15, 0.2) is 0 Å². The van der Waals surface area contributed by atoms with Crippen molar-refractivity contribution in [2.75, 3.05) is 6.61 Å². The molecule has 6 nitrogen and oxygen atoms in total. The molecule has 1 aromatic carbocycles. The Kier molecular flexibility index (Phi) is 4.09. The highest BCUT2D eigenvalue weighted by Crippen LogP contribution is 2.38. The fourth-order valence-corrected chi connectivity index (χ4v) is 4.43. The van der Waals surface area contributed by atoms with Crippen molar-refractivity contribution in [1.82, 2.24) is 9.88 Å². The average molecular weight is 378 g/mol. The summed E-state index contributed by atoms with van der Waals surface area (Å²) in [7, 11) is 0. The Morgan fingerprint density at radius 2 is 2.21 bits per heavy atom. The highest BCUT2D eigenvalue weighted by Gasteiger charge is 2.45. The van der Waals surface area contributed by atoms with Gasteiger partial charge in [-0.3, -0.25) is 9.59 Å². The normalized spacial score (nSPS) is 23.4. The summed E-state index contributed by atoms with van der Waals surface area (Å²) in [5, 5.41) is 3.58. The molecule has 2 aromatic heterocycles. The van der Waals surface area contributed by atoms with E-state index in [4.69, 9.17) is 9.15 Å². The molecule has 0 unspecified atom stereocenters. The number of nitrogens with zero attached hydrogens (tertiary/aromatic N) is 1. The van der Waals surface area contributed by atoms with Gasteiger partial charge in [-0.1, -0.05) is 0 Å². The molecule has 0 bridgehead atoms. The number of carbonyl (C=O) groups excluding carboxylic acids is 1. The van der Waals surface area contributed by atoms with Crippen LogP contribution in [0.3, 0.4) is 0 Å². The van der Waals surface area contributed by atoms with Crippen LogP contribution in [0.5, 0.6) is 0 Å². The lowest BCUT2D eigenvalue weighted by atomic mass is 9.76. The summed E-state index contributed by atoms with van der Waals surface area (Å²) in [6.07, 6.45) is 5.35. The number of furan rings is 1. The molecule has 1 N–H and O–H groups in total. The van der Waals surface area contributed by atoms with E-state index in [9.17, 15) is 9.59 Å². The first-order valence-corrected chi connectivity index (χ1v) is 9.79. The maximum Gasteiger partial charge on any atom is 0.257 e. The van der Waals surface area contributed by atoms with Crippen molar-refractivity contribution in [2.24, 2.45) is 5.92 Å². The molecule has 5 rings (SSSR count). The predicted molar refractivity (Wildman–Crippen MR) is 105 cm³/mol. The molecule has 6 heteroatoms. The third-order valence-electron chi connectivity index (χ3n) is 6.05. The number of carbonyl (C=O) groups is 1. The lowest BCUT2D eigenvalue weighted by Gasteiger charge is -2.39. The minimum absolute atomic E-state index is 0.0969. The zero-order valence-corrected chi connectivity index (χ0v) is 15.7. The number of aryl methyl sites for hydroxylation is 1. The SMILES string of the molecule is CCn1cc(C(=O)N[C@@H]2C[C@H]3OCC[C@@H]23)c(=O)c2cc(-c3ccco3)ccc21. The maximum atomic E-state index is 13.1. The molecule has 1 aliphatic carbocycles. The van der Waals surface area contributed by atoms with Crippen molar-refractivity contribution in [3.05, 3.63) is 58.6 Å². The van der Waals surface area contributed by atoms with E-state index in [-0.39, 0.29) is 29.0 Å². The van der Waals surface area contributed by atoms with Crippen LogP contribution < -0.4 is 10.7 Å². The standard InChI is InChI=1S/C22H22N2O4/c1-2-24-12-16(22(26)23-17-11-20-14(17)7-9-28-20)21(25)15-10-13(5-6-18(15)24)19-4-3-8-27-19/h3-6,8,10,12,14,17,20H,2,7,9,11H2,1H3,(H,23,26)/t14-,17+,20+/m0/s1. The Hall–Kier alpha value is -2.86. The molecular formula is C22H22N2O4. The van der Waals surface area contributed by atoms with Crippen molar-refractivity contribution in [2.45, 2.75) is 38.5 Å². The van der Waals surface area contributed by atoms with E-state index in [1.54, 1.807) is 12.5 Å². The predicted octanol–water partition coefficient (Wildman–Crippen LogP) is 3.19. The van der Waals surface area contributed by atoms with Crippen molar-refractivity contribution in [3.8, 4) is 11.3 Å². The molecule has 1 aliphatic heterocycles. The van der Waals surface area contributed by atoms with Crippen LogP contribution in [0.1, 0.15) is 30.1 Å². The molecule has 3 aromatic rings. The van der Waals surface area contributed by atoms with E-state index >= 15 is 0 Å². The second-order valence-corrected chi connectivity index (χ2v) is 7.54. The second-order valence-electron chi connectivity index (χ2n) is 7.54. The molecule has 1 saturated carbocycles. The van der Waals surface area contributed by atoms with Gasteiger partial charge in [0.05, 0.1) is 17.9 Å². The van der Waals surface area contributed by atoms with E-state index in [1.165, 1.54) is 0 Å². The largest absolute Gasteiger partial charge is 0.464 e. The summed E-state index contributed by atoms with van der Waals surface area (Å²) in [5.41, 5.74) is 1.57. The van der Waals surface area contributed by atoms with Gasteiger partial charge in [-0.15, -0.1) is 0 Å². The molecule has 2 fully saturated rings. The molecule has 0 spiro atoms. The smallest absolute Gasteiger partial charge is 0.257 e. The number of hydrogen-bond donors (Lipinski definition) is 1. The van der Waals surface area contributed by atoms with Gasteiger partial charge < -0.3 is 19.0 Å². The van der Waals surface area contributed by atoms with E-state index in [0.717, 1.165) is 30.5 Å². The number of aromatic nitrogens is 1. The number of benzene rings is 1. The Bertz CT molecular complexity index is 1100. The molecule has 1 saturated heterocycles. The van der Waals surface area contributed by atoms with Crippen LogP contribution in [0.25, 0.3) is 22.2 Å². The van der Waals surface area contributed by atoms with Gasteiger partial charge in [0.1, 0.15) is 11.3 Å². The molecule has 2 aliphatic rings. The minimum atomic E-state index is -0.298. The van der Waals surface area contributed by atoms with E-state index in [1.807, 2.05) is 41.8 Å². The van der Waals surface area contributed by atoms with Crippen molar-refractivity contribution >= 4 is 16.8 Å². The number of nitrogens with one attached hydrogen (secondary N) is 1. The second kappa shape index (κ2) is 6.63. The highest BCUT2D eigenvalue weighted by molar-refractivity contribution is 5.98. The fourth-order valence-electron chi connectivity index (χ4n) is 4.43. The molecule has 0 radical (unpaired) electrons. The Morgan fingerprint density at radius 3 is 2.96 bits per heavy atom. The summed E-state index contributed by atoms with van der Waals surface area (Å²) in [4.78, 5) is 26.0. The van der Waals surface area contributed by atoms with E-state index in [0.29, 0.717) is 23.6 Å². The Labute approximate surface area is 162 Å². The van der Waals surface area contributed by atoms with Crippen LogP contribution in [-0.2, 0) is 11.3 Å². The molecule has 28 heavy (non-hydrogen) atoms. The van der Waals surface area contributed by atoms with Gasteiger partial charge in [-0.2, -0.15) is 0 Å². The summed E-state index contributed by atoms with van der Waals surface area (Å²) in [6, 6.07) is 9.41. The molecule has 1 amide bonds. The van der Waals surface area contributed by atoms with Crippen molar-refractivity contribution in [1.29, 1.82) is 0 Å². The number of amides is 1. The zero-order chi connectivity index (χ0) is 19.3. The van der Waals surface area contributed by atoms with Gasteiger partial charge in [-0.25, -0.2) is 0 Å². The van der Waals surface area contributed by atoms with Crippen molar-refractivity contribution < 1.29 is 13.9 Å².